The van der Waals surface area contributed by atoms with Crippen molar-refractivity contribution in [3.8, 4) is 0 Å². The second-order valence-corrected chi connectivity index (χ2v) is 5.25. The standard InChI is InChI=1S/C18H19N3O2/c1-12-3-4-14(13(2)11-12)5-10-17(22)20-15-6-8-16(9-7-15)21-18(19)23/h3-11H,1-2H3,(H,20,22)(H3,19,21,23)/b10-5+. The first kappa shape index (κ1) is 16.3. The molecule has 118 valence electrons. The first-order valence-corrected chi connectivity index (χ1v) is 7.17. The average molecular weight is 309 g/mol. The second kappa shape index (κ2) is 7.26. The van der Waals surface area contributed by atoms with Gasteiger partial charge in [-0.1, -0.05) is 23.8 Å². The molecule has 0 saturated heterocycles. The normalized spacial score (nSPS) is 10.5. The fraction of sp³-hybridized carbons (Fsp3) is 0.111. The van der Waals surface area contributed by atoms with Crippen molar-refractivity contribution in [2.24, 2.45) is 5.73 Å². The van der Waals surface area contributed by atoms with E-state index in [0.29, 0.717) is 11.4 Å². The third-order valence-electron chi connectivity index (χ3n) is 3.26. The number of primary amides is 1. The lowest BCUT2D eigenvalue weighted by Gasteiger charge is -2.05. The molecule has 2 rings (SSSR count). The van der Waals surface area contributed by atoms with Gasteiger partial charge in [0.2, 0.25) is 5.91 Å². The van der Waals surface area contributed by atoms with Gasteiger partial charge in [-0.3, -0.25) is 4.79 Å². The maximum absolute atomic E-state index is 11.9. The minimum absolute atomic E-state index is 0.222. The van der Waals surface area contributed by atoms with Crippen LogP contribution in [-0.2, 0) is 4.79 Å². The molecule has 3 amide bonds. The van der Waals surface area contributed by atoms with Crippen LogP contribution in [0.1, 0.15) is 16.7 Å². The van der Waals surface area contributed by atoms with Crippen LogP contribution in [0.3, 0.4) is 0 Å². The van der Waals surface area contributed by atoms with Gasteiger partial charge < -0.3 is 16.4 Å². The fourth-order valence-electron chi connectivity index (χ4n) is 2.14. The van der Waals surface area contributed by atoms with Gasteiger partial charge in [0.15, 0.2) is 0 Å². The Hall–Kier alpha value is -3.08. The van der Waals surface area contributed by atoms with E-state index in [0.717, 1.165) is 11.1 Å². The van der Waals surface area contributed by atoms with Gasteiger partial charge in [0.25, 0.3) is 0 Å². The van der Waals surface area contributed by atoms with Gasteiger partial charge in [0.1, 0.15) is 0 Å². The maximum atomic E-state index is 11.9. The molecule has 0 saturated carbocycles. The molecule has 0 radical (unpaired) electrons. The number of carbonyl (C=O) groups is 2. The zero-order valence-electron chi connectivity index (χ0n) is 13.1. The molecule has 0 fully saturated rings. The van der Waals surface area contributed by atoms with Crippen molar-refractivity contribution in [1.82, 2.24) is 0 Å². The highest BCUT2D eigenvalue weighted by Crippen LogP contribution is 2.14. The van der Waals surface area contributed by atoms with Crippen LogP contribution in [-0.4, -0.2) is 11.9 Å². The lowest BCUT2D eigenvalue weighted by molar-refractivity contribution is -0.111. The molecule has 2 aromatic carbocycles. The molecule has 2 aromatic rings. The third-order valence-corrected chi connectivity index (χ3v) is 3.26. The van der Waals surface area contributed by atoms with E-state index >= 15 is 0 Å². The zero-order chi connectivity index (χ0) is 16.8. The number of aryl methyl sites for hydroxylation is 2. The van der Waals surface area contributed by atoms with E-state index in [1.807, 2.05) is 26.0 Å². The van der Waals surface area contributed by atoms with Crippen LogP contribution < -0.4 is 16.4 Å². The molecule has 0 aliphatic carbocycles. The molecular weight excluding hydrogens is 290 g/mol. The topological polar surface area (TPSA) is 84.2 Å². The zero-order valence-corrected chi connectivity index (χ0v) is 13.1. The monoisotopic (exact) mass is 309 g/mol. The first-order chi connectivity index (χ1) is 10.9. The Balaban J connectivity index is 1.98. The van der Waals surface area contributed by atoms with E-state index in [9.17, 15) is 9.59 Å². The summed E-state index contributed by atoms with van der Waals surface area (Å²) in [6.07, 6.45) is 3.28. The quantitative estimate of drug-likeness (QED) is 0.756. The van der Waals surface area contributed by atoms with Crippen LogP contribution in [0, 0.1) is 13.8 Å². The van der Waals surface area contributed by atoms with Gasteiger partial charge >= 0.3 is 6.03 Å². The van der Waals surface area contributed by atoms with Crippen LogP contribution in [0.4, 0.5) is 16.2 Å². The Morgan fingerprint density at radius 1 is 0.957 bits per heavy atom. The average Bonchev–Trinajstić information content (AvgIpc) is 2.48. The van der Waals surface area contributed by atoms with E-state index in [1.165, 1.54) is 11.6 Å². The van der Waals surface area contributed by atoms with E-state index in [-0.39, 0.29) is 5.91 Å². The van der Waals surface area contributed by atoms with Crippen molar-refractivity contribution in [3.63, 3.8) is 0 Å². The van der Waals surface area contributed by atoms with Gasteiger partial charge in [0, 0.05) is 17.5 Å². The molecule has 0 heterocycles. The van der Waals surface area contributed by atoms with E-state index < -0.39 is 6.03 Å². The number of anilines is 2. The number of carbonyl (C=O) groups excluding carboxylic acids is 2. The number of hydrogen-bond donors (Lipinski definition) is 3. The summed E-state index contributed by atoms with van der Waals surface area (Å²) in [5, 5.41) is 5.21. The molecule has 0 spiro atoms. The van der Waals surface area contributed by atoms with Crippen molar-refractivity contribution in [2.75, 3.05) is 10.6 Å². The van der Waals surface area contributed by atoms with Crippen molar-refractivity contribution in [3.05, 3.63) is 65.2 Å². The molecule has 23 heavy (non-hydrogen) atoms. The SMILES string of the molecule is Cc1ccc(/C=C/C(=O)Nc2ccc(NC(N)=O)cc2)c(C)c1. The number of hydrogen-bond acceptors (Lipinski definition) is 2. The molecule has 0 aliphatic heterocycles. The van der Waals surface area contributed by atoms with Crippen LogP contribution in [0.15, 0.2) is 48.5 Å². The van der Waals surface area contributed by atoms with Crippen LogP contribution in [0.2, 0.25) is 0 Å². The lowest BCUT2D eigenvalue weighted by atomic mass is 10.1. The molecule has 0 bridgehead atoms. The van der Waals surface area contributed by atoms with E-state index in [4.69, 9.17) is 5.73 Å². The summed E-state index contributed by atoms with van der Waals surface area (Å²) in [5.41, 5.74) is 9.55. The highest BCUT2D eigenvalue weighted by molar-refractivity contribution is 6.02. The van der Waals surface area contributed by atoms with Crippen molar-refractivity contribution < 1.29 is 9.59 Å². The van der Waals surface area contributed by atoms with Crippen molar-refractivity contribution >= 4 is 29.4 Å². The predicted octanol–water partition coefficient (Wildman–Crippen LogP) is 3.45. The molecule has 0 unspecified atom stereocenters. The Labute approximate surface area is 135 Å². The van der Waals surface area contributed by atoms with E-state index in [2.05, 4.69) is 16.7 Å². The van der Waals surface area contributed by atoms with Gasteiger partial charge in [0.05, 0.1) is 0 Å². The molecule has 4 N–H and O–H groups in total. The van der Waals surface area contributed by atoms with Crippen LogP contribution >= 0.6 is 0 Å². The summed E-state index contributed by atoms with van der Waals surface area (Å²) in [7, 11) is 0. The minimum Gasteiger partial charge on any atom is -0.351 e. The Morgan fingerprint density at radius 3 is 2.13 bits per heavy atom. The predicted molar refractivity (Wildman–Crippen MR) is 93.2 cm³/mol. The highest BCUT2D eigenvalue weighted by Gasteiger charge is 2.00. The summed E-state index contributed by atoms with van der Waals surface area (Å²) in [6.45, 7) is 4.04. The number of rotatable bonds is 4. The minimum atomic E-state index is -0.627. The van der Waals surface area contributed by atoms with Gasteiger partial charge in [-0.05, 0) is 55.3 Å². The van der Waals surface area contributed by atoms with Crippen molar-refractivity contribution in [2.45, 2.75) is 13.8 Å². The van der Waals surface area contributed by atoms with Gasteiger partial charge in [-0.2, -0.15) is 0 Å². The van der Waals surface area contributed by atoms with Gasteiger partial charge in [-0.15, -0.1) is 0 Å². The summed E-state index contributed by atoms with van der Waals surface area (Å²) < 4.78 is 0. The lowest BCUT2D eigenvalue weighted by Crippen LogP contribution is -2.19. The molecule has 0 atom stereocenters. The largest absolute Gasteiger partial charge is 0.351 e. The number of urea groups is 1. The molecule has 0 aliphatic rings. The Kier molecular flexibility index (Phi) is 5.15. The summed E-state index contributed by atoms with van der Waals surface area (Å²) in [6, 6.07) is 12.1. The second-order valence-electron chi connectivity index (χ2n) is 5.25. The number of nitrogens with two attached hydrogens (primary N) is 1. The first-order valence-electron chi connectivity index (χ1n) is 7.17. The van der Waals surface area contributed by atoms with Crippen molar-refractivity contribution in [1.29, 1.82) is 0 Å². The molecule has 5 nitrogen and oxygen atoms in total. The van der Waals surface area contributed by atoms with Crippen LogP contribution in [0.5, 0.6) is 0 Å². The maximum Gasteiger partial charge on any atom is 0.316 e. The third kappa shape index (κ3) is 5.00. The number of nitrogens with one attached hydrogen (secondary N) is 2. The fourth-order valence-corrected chi connectivity index (χ4v) is 2.14. The number of benzene rings is 2. The Morgan fingerprint density at radius 2 is 1.57 bits per heavy atom. The smallest absolute Gasteiger partial charge is 0.316 e. The molecular formula is C18H19N3O2. The van der Waals surface area contributed by atoms with Gasteiger partial charge in [-0.25, -0.2) is 4.79 Å². The molecule has 5 heteroatoms. The summed E-state index contributed by atoms with van der Waals surface area (Å²) in [5.74, 6) is -0.222. The molecule has 0 aromatic heterocycles. The van der Waals surface area contributed by atoms with E-state index in [1.54, 1.807) is 30.3 Å². The summed E-state index contributed by atoms with van der Waals surface area (Å²) in [4.78, 5) is 22.7. The highest BCUT2D eigenvalue weighted by atomic mass is 16.2. The number of amides is 3. The van der Waals surface area contributed by atoms with Crippen LogP contribution in [0.25, 0.3) is 6.08 Å². The summed E-state index contributed by atoms with van der Waals surface area (Å²) >= 11 is 0. The Bertz CT molecular complexity index is 749.